The Morgan fingerprint density at radius 3 is 1.47 bits per heavy atom. The SMILES string of the molecule is O=C(O)CC[C@@H](NC(=O)c1cccc(C(=O)Oc2c(F)c(F)cc(F)c2F)c1)C(=O)N[C@H](CCC(=O)O)C(=O)N[C@H](CCC(=O)O)C(=O)N[C@H](CCCCCNC(=O)c1cccc(I)c1)C(=O)O. The fraction of sp³-hybridized carbons (Fsp3) is 0.349. The molecule has 0 spiro atoms. The van der Waals surface area contributed by atoms with Crippen molar-refractivity contribution in [3.63, 3.8) is 0 Å². The highest BCUT2D eigenvalue weighted by Gasteiger charge is 2.33. The molecule has 0 aliphatic heterocycles. The van der Waals surface area contributed by atoms with E-state index in [-0.39, 0.29) is 31.4 Å². The fourth-order valence-corrected chi connectivity index (χ4v) is 6.63. The third-order valence-corrected chi connectivity index (χ3v) is 10.3. The molecule has 0 heterocycles. The second kappa shape index (κ2) is 26.8. The van der Waals surface area contributed by atoms with Gasteiger partial charge in [-0.3, -0.25) is 38.4 Å². The van der Waals surface area contributed by atoms with Crippen LogP contribution in [-0.2, 0) is 33.6 Å². The summed E-state index contributed by atoms with van der Waals surface area (Å²) in [5, 5.41) is 49.4. The van der Waals surface area contributed by atoms with Gasteiger partial charge in [0.15, 0.2) is 11.6 Å². The first-order valence-electron chi connectivity index (χ1n) is 20.4. The maximum atomic E-state index is 14.1. The number of halogens is 5. The average molecular weight is 1070 g/mol. The summed E-state index contributed by atoms with van der Waals surface area (Å²) in [5.41, 5.74) is -0.620. The van der Waals surface area contributed by atoms with Gasteiger partial charge in [0.05, 0.1) is 5.56 Å². The number of ether oxygens (including phenoxy) is 1. The van der Waals surface area contributed by atoms with Gasteiger partial charge in [0, 0.05) is 46.6 Å². The van der Waals surface area contributed by atoms with E-state index in [9.17, 15) is 85.9 Å². The first-order valence-corrected chi connectivity index (χ1v) is 21.4. The van der Waals surface area contributed by atoms with Crippen LogP contribution in [0.15, 0.2) is 54.6 Å². The van der Waals surface area contributed by atoms with Crippen molar-refractivity contribution in [2.45, 2.75) is 88.4 Å². The van der Waals surface area contributed by atoms with Crippen molar-refractivity contribution in [3.05, 3.63) is 98.1 Å². The number of amides is 5. The molecule has 0 fully saturated rings. The summed E-state index contributed by atoms with van der Waals surface area (Å²) in [7, 11) is 0. The summed E-state index contributed by atoms with van der Waals surface area (Å²) in [4.78, 5) is 126. The smallest absolute Gasteiger partial charge is 0.343 e. The van der Waals surface area contributed by atoms with Crippen LogP contribution >= 0.6 is 22.6 Å². The molecule has 5 amide bonds. The van der Waals surface area contributed by atoms with E-state index < -0.39 is 156 Å². The molecule has 3 rings (SSSR count). The summed E-state index contributed by atoms with van der Waals surface area (Å²) in [6.07, 6.45) is -3.34. The zero-order valence-corrected chi connectivity index (χ0v) is 37.6. The molecule has 0 aliphatic rings. The van der Waals surface area contributed by atoms with Gasteiger partial charge in [0.2, 0.25) is 35.1 Å². The van der Waals surface area contributed by atoms with Gasteiger partial charge in [0.1, 0.15) is 24.2 Å². The van der Waals surface area contributed by atoms with E-state index in [0.29, 0.717) is 18.4 Å². The lowest BCUT2D eigenvalue weighted by Gasteiger charge is -2.26. The third kappa shape index (κ3) is 17.9. The number of carboxylic acid groups (broad SMARTS) is 4. The van der Waals surface area contributed by atoms with E-state index in [1.54, 1.807) is 18.2 Å². The Balaban J connectivity index is 1.74. The van der Waals surface area contributed by atoms with Crippen LogP contribution in [0.1, 0.15) is 95.3 Å². The molecule has 3 aromatic rings. The molecular formula is C43H44F4IN5O15. The second-order valence-electron chi connectivity index (χ2n) is 14.7. The largest absolute Gasteiger partial charge is 0.481 e. The quantitative estimate of drug-likeness (QED) is 0.0132. The molecule has 68 heavy (non-hydrogen) atoms. The zero-order chi connectivity index (χ0) is 50.7. The van der Waals surface area contributed by atoms with Gasteiger partial charge < -0.3 is 51.7 Å². The number of carbonyl (C=O) groups is 10. The number of aliphatic carboxylic acids is 4. The van der Waals surface area contributed by atoms with Crippen molar-refractivity contribution in [3.8, 4) is 5.75 Å². The van der Waals surface area contributed by atoms with Crippen LogP contribution in [0.25, 0.3) is 0 Å². The van der Waals surface area contributed by atoms with E-state index >= 15 is 0 Å². The van der Waals surface area contributed by atoms with Gasteiger partial charge in [-0.15, -0.1) is 0 Å². The maximum Gasteiger partial charge on any atom is 0.343 e. The van der Waals surface area contributed by atoms with Crippen LogP contribution in [0, 0.1) is 26.8 Å². The number of hydrogen-bond acceptors (Lipinski definition) is 11. The molecule has 4 atom stereocenters. The average Bonchev–Trinajstić information content (AvgIpc) is 3.28. The number of carbonyl (C=O) groups excluding carboxylic acids is 6. The number of unbranched alkanes of at least 4 members (excludes halogenated alkanes) is 2. The molecular weight excluding hydrogens is 1030 g/mol. The van der Waals surface area contributed by atoms with Gasteiger partial charge in [-0.25, -0.2) is 18.4 Å². The van der Waals surface area contributed by atoms with Crippen molar-refractivity contribution in [2.75, 3.05) is 6.54 Å². The summed E-state index contributed by atoms with van der Waals surface area (Å²) in [5.74, 6) is -22.3. The molecule has 0 aliphatic carbocycles. The Morgan fingerprint density at radius 2 is 0.985 bits per heavy atom. The fourth-order valence-electron chi connectivity index (χ4n) is 6.09. The highest BCUT2D eigenvalue weighted by Crippen LogP contribution is 2.27. The van der Waals surface area contributed by atoms with Gasteiger partial charge in [0.25, 0.3) is 11.8 Å². The normalized spacial score (nSPS) is 12.5. The first-order chi connectivity index (χ1) is 32.1. The highest BCUT2D eigenvalue weighted by atomic mass is 127. The van der Waals surface area contributed by atoms with Crippen LogP contribution in [0.3, 0.4) is 0 Å². The van der Waals surface area contributed by atoms with E-state index in [0.717, 1.165) is 27.8 Å². The minimum absolute atomic E-state index is 0.128. The lowest BCUT2D eigenvalue weighted by atomic mass is 10.0. The predicted molar refractivity (Wildman–Crippen MR) is 233 cm³/mol. The predicted octanol–water partition coefficient (Wildman–Crippen LogP) is 3.29. The van der Waals surface area contributed by atoms with Crippen molar-refractivity contribution in [1.29, 1.82) is 0 Å². The number of carboxylic acids is 4. The number of rotatable bonds is 27. The van der Waals surface area contributed by atoms with Gasteiger partial charge in [-0.1, -0.05) is 25.0 Å². The van der Waals surface area contributed by atoms with Crippen LogP contribution in [0.5, 0.6) is 5.75 Å². The van der Waals surface area contributed by atoms with E-state index in [2.05, 4.69) is 53.9 Å². The Morgan fingerprint density at radius 1 is 0.529 bits per heavy atom. The zero-order valence-electron chi connectivity index (χ0n) is 35.5. The molecule has 366 valence electrons. The van der Waals surface area contributed by atoms with E-state index in [1.807, 2.05) is 6.07 Å². The molecule has 20 nitrogen and oxygen atoms in total. The van der Waals surface area contributed by atoms with Gasteiger partial charge >= 0.3 is 29.8 Å². The molecule has 0 saturated heterocycles. The molecule has 9 N–H and O–H groups in total. The van der Waals surface area contributed by atoms with Crippen molar-refractivity contribution >= 4 is 82.0 Å². The van der Waals surface area contributed by atoms with Gasteiger partial charge in [-0.2, -0.15) is 8.78 Å². The molecule has 0 bridgehead atoms. The van der Waals surface area contributed by atoms with Crippen LogP contribution in [0.2, 0.25) is 0 Å². The Hall–Kier alpha value is -7.19. The molecule has 25 heteroatoms. The molecule has 0 saturated carbocycles. The third-order valence-electron chi connectivity index (χ3n) is 9.61. The minimum Gasteiger partial charge on any atom is -0.481 e. The lowest BCUT2D eigenvalue weighted by Crippen LogP contribution is -2.58. The maximum absolute atomic E-state index is 14.1. The van der Waals surface area contributed by atoms with Gasteiger partial charge in [-0.05, 0) is 91.1 Å². The summed E-state index contributed by atoms with van der Waals surface area (Å²) < 4.78 is 60.9. The summed E-state index contributed by atoms with van der Waals surface area (Å²) in [6, 6.07) is 3.57. The van der Waals surface area contributed by atoms with E-state index in [4.69, 9.17) is 0 Å². The van der Waals surface area contributed by atoms with Crippen LogP contribution in [0.4, 0.5) is 17.6 Å². The number of nitrogens with one attached hydrogen (secondary N) is 5. The van der Waals surface area contributed by atoms with Crippen molar-refractivity contribution in [2.24, 2.45) is 0 Å². The highest BCUT2D eigenvalue weighted by molar-refractivity contribution is 14.1. The molecule has 3 aromatic carbocycles. The van der Waals surface area contributed by atoms with Crippen LogP contribution < -0.4 is 31.3 Å². The van der Waals surface area contributed by atoms with Crippen LogP contribution in [-0.4, -0.2) is 111 Å². The Kier molecular flexibility index (Phi) is 21.8. The number of benzene rings is 3. The standard InChI is InChI=1S/C43H44F4IN5O15/c44-25-20-26(45)35(47)36(34(25)46)68-43(67)23-8-4-6-21(18-23)38(61)50-27(11-14-31(54)55)39(62)51-28(12-15-32(56)57)40(63)52-29(13-16-33(58)59)41(64)53-30(42(65)66)10-2-1-3-17-49-37(60)22-7-5-9-24(48)19-22/h4-9,18-20,27-30H,1-3,10-17H2,(H,49,60)(H,50,61)(H,51,62)(H,52,63)(H,53,64)(H,54,55)(H,56,57)(H,58,59)(H,65,66)/t27-,28-,29-,30-/m1/s1. The summed E-state index contributed by atoms with van der Waals surface area (Å²) >= 11 is 2.06. The van der Waals surface area contributed by atoms with E-state index in [1.165, 1.54) is 0 Å². The Labute approximate surface area is 396 Å². The number of esters is 1. The topological polar surface area (TPSA) is 321 Å². The number of hydrogen-bond donors (Lipinski definition) is 9. The Bertz CT molecular complexity index is 2380. The monoisotopic (exact) mass is 1070 g/mol. The molecule has 0 radical (unpaired) electrons. The molecule has 0 unspecified atom stereocenters. The second-order valence-corrected chi connectivity index (χ2v) is 16.0. The molecule has 0 aromatic heterocycles. The van der Waals surface area contributed by atoms with Crippen molar-refractivity contribution < 1.29 is 90.7 Å². The first kappa shape index (κ1) is 55.1. The lowest BCUT2D eigenvalue weighted by molar-refractivity contribution is -0.143. The minimum atomic E-state index is -2.04. The summed E-state index contributed by atoms with van der Waals surface area (Å²) in [6.45, 7) is 0.259. The van der Waals surface area contributed by atoms with Crippen molar-refractivity contribution in [1.82, 2.24) is 26.6 Å².